The van der Waals surface area contributed by atoms with E-state index in [1.54, 1.807) is 0 Å². The lowest BCUT2D eigenvalue weighted by Crippen LogP contribution is -2.51. The monoisotopic (exact) mass is 201 g/mol. The molecule has 0 saturated carbocycles. The van der Waals surface area contributed by atoms with E-state index in [0.29, 0.717) is 13.1 Å². The zero-order valence-electron chi connectivity index (χ0n) is 9.76. The second-order valence-electron chi connectivity index (χ2n) is 4.10. The molecule has 0 unspecified atom stereocenters. The first-order valence-electron chi connectivity index (χ1n) is 5.18. The SMILES string of the molecule is CCN(CC)CC(=O)NC(C)(C)CN. The number of rotatable bonds is 6. The maximum Gasteiger partial charge on any atom is 0.234 e. The van der Waals surface area contributed by atoms with Crippen molar-refractivity contribution in [1.82, 2.24) is 10.2 Å². The van der Waals surface area contributed by atoms with Gasteiger partial charge >= 0.3 is 0 Å². The van der Waals surface area contributed by atoms with Gasteiger partial charge < -0.3 is 11.1 Å². The van der Waals surface area contributed by atoms with Gasteiger partial charge in [0.25, 0.3) is 0 Å². The second kappa shape index (κ2) is 5.98. The number of nitrogens with one attached hydrogen (secondary N) is 1. The van der Waals surface area contributed by atoms with Crippen LogP contribution in [0, 0.1) is 0 Å². The summed E-state index contributed by atoms with van der Waals surface area (Å²) in [6.45, 7) is 10.6. The molecule has 0 atom stereocenters. The first kappa shape index (κ1) is 13.4. The van der Waals surface area contributed by atoms with E-state index < -0.39 is 0 Å². The third kappa shape index (κ3) is 5.19. The minimum atomic E-state index is -0.301. The van der Waals surface area contributed by atoms with E-state index in [4.69, 9.17) is 5.73 Å². The average Bonchev–Trinajstić information content (AvgIpc) is 2.13. The molecular weight excluding hydrogens is 178 g/mol. The minimum Gasteiger partial charge on any atom is -0.349 e. The molecule has 0 aromatic carbocycles. The summed E-state index contributed by atoms with van der Waals surface area (Å²) in [4.78, 5) is 13.6. The van der Waals surface area contributed by atoms with Gasteiger partial charge in [-0.15, -0.1) is 0 Å². The van der Waals surface area contributed by atoms with Gasteiger partial charge in [0.15, 0.2) is 0 Å². The van der Waals surface area contributed by atoms with Crippen LogP contribution in [0.4, 0.5) is 0 Å². The molecule has 0 spiro atoms. The second-order valence-corrected chi connectivity index (χ2v) is 4.10. The van der Waals surface area contributed by atoms with Crippen molar-refractivity contribution < 1.29 is 4.79 Å². The standard InChI is InChI=1S/C10H23N3O/c1-5-13(6-2)7-9(14)12-10(3,4)8-11/h5-8,11H2,1-4H3,(H,12,14). The summed E-state index contributed by atoms with van der Waals surface area (Å²) in [5, 5.41) is 2.90. The van der Waals surface area contributed by atoms with Crippen LogP contribution in [-0.4, -0.2) is 42.5 Å². The number of nitrogens with zero attached hydrogens (tertiary/aromatic N) is 1. The van der Waals surface area contributed by atoms with Crippen molar-refractivity contribution in [2.75, 3.05) is 26.2 Å². The fourth-order valence-electron chi connectivity index (χ4n) is 1.12. The van der Waals surface area contributed by atoms with Crippen LogP contribution in [0.1, 0.15) is 27.7 Å². The fourth-order valence-corrected chi connectivity index (χ4v) is 1.12. The highest BCUT2D eigenvalue weighted by atomic mass is 16.2. The summed E-state index contributed by atoms with van der Waals surface area (Å²) in [6, 6.07) is 0. The topological polar surface area (TPSA) is 58.4 Å². The van der Waals surface area contributed by atoms with E-state index in [9.17, 15) is 4.79 Å². The van der Waals surface area contributed by atoms with Crippen LogP contribution in [-0.2, 0) is 4.79 Å². The van der Waals surface area contributed by atoms with E-state index in [0.717, 1.165) is 13.1 Å². The zero-order valence-corrected chi connectivity index (χ0v) is 9.76. The predicted molar refractivity (Wildman–Crippen MR) is 59.1 cm³/mol. The van der Waals surface area contributed by atoms with Crippen molar-refractivity contribution in [2.45, 2.75) is 33.2 Å². The lowest BCUT2D eigenvalue weighted by molar-refractivity contribution is -0.123. The molecule has 0 radical (unpaired) electrons. The number of carbonyl (C=O) groups is 1. The van der Waals surface area contributed by atoms with Gasteiger partial charge in [0.1, 0.15) is 0 Å². The van der Waals surface area contributed by atoms with E-state index in [1.165, 1.54) is 0 Å². The van der Waals surface area contributed by atoms with Crippen molar-refractivity contribution in [1.29, 1.82) is 0 Å². The molecule has 84 valence electrons. The number of carbonyl (C=O) groups excluding carboxylic acids is 1. The quantitative estimate of drug-likeness (QED) is 0.644. The zero-order chi connectivity index (χ0) is 11.2. The Bertz CT molecular complexity index is 176. The fraction of sp³-hybridized carbons (Fsp3) is 0.900. The van der Waals surface area contributed by atoms with Gasteiger partial charge in [-0.05, 0) is 26.9 Å². The largest absolute Gasteiger partial charge is 0.349 e. The van der Waals surface area contributed by atoms with E-state index in [1.807, 2.05) is 27.7 Å². The van der Waals surface area contributed by atoms with Gasteiger partial charge in [0.05, 0.1) is 6.54 Å². The van der Waals surface area contributed by atoms with E-state index >= 15 is 0 Å². The summed E-state index contributed by atoms with van der Waals surface area (Å²) in [7, 11) is 0. The van der Waals surface area contributed by atoms with Crippen LogP contribution in [0.15, 0.2) is 0 Å². The molecular formula is C10H23N3O. The van der Waals surface area contributed by atoms with Crippen molar-refractivity contribution in [3.8, 4) is 0 Å². The molecule has 0 aliphatic heterocycles. The molecule has 4 nitrogen and oxygen atoms in total. The molecule has 4 heteroatoms. The summed E-state index contributed by atoms with van der Waals surface area (Å²) < 4.78 is 0. The van der Waals surface area contributed by atoms with Crippen LogP contribution in [0.3, 0.4) is 0 Å². The van der Waals surface area contributed by atoms with Crippen LogP contribution in [0.5, 0.6) is 0 Å². The summed E-state index contributed by atoms with van der Waals surface area (Å²) >= 11 is 0. The van der Waals surface area contributed by atoms with Crippen molar-refractivity contribution in [3.63, 3.8) is 0 Å². The Morgan fingerprint density at radius 2 is 1.86 bits per heavy atom. The lowest BCUT2D eigenvalue weighted by atomic mass is 10.1. The molecule has 14 heavy (non-hydrogen) atoms. The molecule has 0 fully saturated rings. The summed E-state index contributed by atoms with van der Waals surface area (Å²) in [5.41, 5.74) is 5.22. The Hall–Kier alpha value is -0.610. The predicted octanol–water partition coefficient (Wildman–Crippen LogP) is 0.182. The minimum absolute atomic E-state index is 0.0455. The molecule has 0 rings (SSSR count). The van der Waals surface area contributed by atoms with Crippen molar-refractivity contribution >= 4 is 5.91 Å². The maximum absolute atomic E-state index is 11.5. The Morgan fingerprint density at radius 3 is 2.21 bits per heavy atom. The van der Waals surface area contributed by atoms with Gasteiger partial charge in [-0.3, -0.25) is 9.69 Å². The first-order chi connectivity index (χ1) is 6.45. The molecule has 0 aliphatic carbocycles. The maximum atomic E-state index is 11.5. The smallest absolute Gasteiger partial charge is 0.234 e. The molecule has 1 amide bonds. The Labute approximate surface area is 86.8 Å². The molecule has 0 saturated heterocycles. The normalized spacial score (nSPS) is 11.9. The van der Waals surface area contributed by atoms with Gasteiger partial charge in [-0.2, -0.15) is 0 Å². The highest BCUT2D eigenvalue weighted by molar-refractivity contribution is 5.78. The molecule has 0 heterocycles. The Balaban J connectivity index is 3.97. The summed E-state index contributed by atoms with van der Waals surface area (Å²) in [6.07, 6.45) is 0. The molecule has 3 N–H and O–H groups in total. The number of amides is 1. The van der Waals surface area contributed by atoms with Crippen LogP contribution in [0.25, 0.3) is 0 Å². The third-order valence-electron chi connectivity index (χ3n) is 2.25. The van der Waals surface area contributed by atoms with Crippen molar-refractivity contribution in [3.05, 3.63) is 0 Å². The average molecular weight is 201 g/mol. The molecule has 0 aliphatic rings. The summed E-state index contributed by atoms with van der Waals surface area (Å²) in [5.74, 6) is 0.0455. The first-order valence-corrected chi connectivity index (χ1v) is 5.18. The molecule has 0 bridgehead atoms. The number of likely N-dealkylation sites (N-methyl/N-ethyl adjacent to an activating group) is 1. The molecule has 0 aromatic heterocycles. The molecule has 0 aromatic rings. The van der Waals surface area contributed by atoms with Crippen LogP contribution in [0.2, 0.25) is 0 Å². The van der Waals surface area contributed by atoms with E-state index in [-0.39, 0.29) is 11.4 Å². The number of hydrogen-bond acceptors (Lipinski definition) is 3. The van der Waals surface area contributed by atoms with Crippen molar-refractivity contribution in [2.24, 2.45) is 5.73 Å². The highest BCUT2D eigenvalue weighted by Gasteiger charge is 2.18. The van der Waals surface area contributed by atoms with Gasteiger partial charge in [0, 0.05) is 12.1 Å². The van der Waals surface area contributed by atoms with Gasteiger partial charge in [-0.1, -0.05) is 13.8 Å². The van der Waals surface area contributed by atoms with Gasteiger partial charge in [0.2, 0.25) is 5.91 Å². The van der Waals surface area contributed by atoms with Crippen LogP contribution >= 0.6 is 0 Å². The Kier molecular flexibility index (Phi) is 5.72. The number of hydrogen-bond donors (Lipinski definition) is 2. The Morgan fingerprint density at radius 1 is 1.36 bits per heavy atom. The lowest BCUT2D eigenvalue weighted by Gasteiger charge is -2.26. The van der Waals surface area contributed by atoms with Crippen LogP contribution < -0.4 is 11.1 Å². The van der Waals surface area contributed by atoms with E-state index in [2.05, 4.69) is 10.2 Å². The van der Waals surface area contributed by atoms with Gasteiger partial charge in [-0.25, -0.2) is 0 Å². The highest BCUT2D eigenvalue weighted by Crippen LogP contribution is 1.98. The third-order valence-corrected chi connectivity index (χ3v) is 2.25. The number of nitrogens with two attached hydrogens (primary N) is 1.